The van der Waals surface area contributed by atoms with E-state index in [2.05, 4.69) is 20.0 Å². The van der Waals surface area contributed by atoms with Gasteiger partial charge in [-0.15, -0.1) is 0 Å². The summed E-state index contributed by atoms with van der Waals surface area (Å²) < 4.78 is 15.2. The Kier molecular flexibility index (Phi) is 5.40. The SMILES string of the molecule is COc1cc(C(=O)NCCc2noc(=O)[nH]2)ccc1OC(C)C. The van der Waals surface area contributed by atoms with Crippen molar-refractivity contribution in [2.24, 2.45) is 0 Å². The molecule has 0 spiro atoms. The summed E-state index contributed by atoms with van der Waals surface area (Å²) >= 11 is 0. The molecule has 0 saturated heterocycles. The van der Waals surface area contributed by atoms with Gasteiger partial charge in [0.2, 0.25) is 0 Å². The minimum absolute atomic E-state index is 0.00759. The fraction of sp³-hybridized carbons (Fsp3) is 0.400. The van der Waals surface area contributed by atoms with E-state index < -0.39 is 5.76 Å². The Morgan fingerprint density at radius 1 is 1.39 bits per heavy atom. The monoisotopic (exact) mass is 321 g/mol. The lowest BCUT2D eigenvalue weighted by atomic mass is 10.2. The molecule has 2 rings (SSSR count). The number of nitrogens with zero attached hydrogens (tertiary/aromatic N) is 1. The first kappa shape index (κ1) is 16.6. The minimum atomic E-state index is -0.614. The quantitative estimate of drug-likeness (QED) is 0.792. The summed E-state index contributed by atoms with van der Waals surface area (Å²) in [5, 5.41) is 6.25. The number of hydrogen-bond donors (Lipinski definition) is 2. The molecule has 1 amide bonds. The zero-order valence-corrected chi connectivity index (χ0v) is 13.2. The Morgan fingerprint density at radius 2 is 2.17 bits per heavy atom. The molecule has 0 atom stereocenters. The molecule has 0 radical (unpaired) electrons. The van der Waals surface area contributed by atoms with Crippen LogP contribution >= 0.6 is 0 Å². The lowest BCUT2D eigenvalue weighted by Crippen LogP contribution is -2.26. The summed E-state index contributed by atoms with van der Waals surface area (Å²) in [5.74, 6) is 0.585. The van der Waals surface area contributed by atoms with E-state index in [1.165, 1.54) is 7.11 Å². The van der Waals surface area contributed by atoms with Crippen LogP contribution in [0.4, 0.5) is 0 Å². The standard InChI is InChI=1S/C15H19N3O5/c1-9(2)22-11-5-4-10(8-12(11)21-3)14(19)16-7-6-13-17-15(20)23-18-13/h4-5,8-9H,6-7H2,1-3H3,(H,16,19)(H,17,18,20). The van der Waals surface area contributed by atoms with Crippen LogP contribution in [0.15, 0.2) is 27.5 Å². The number of hydrogen-bond acceptors (Lipinski definition) is 6. The third-order valence-electron chi connectivity index (χ3n) is 2.92. The normalized spacial score (nSPS) is 10.6. The number of carbonyl (C=O) groups is 1. The molecule has 2 aromatic rings. The number of rotatable bonds is 7. The number of aromatic amines is 1. The predicted octanol–water partition coefficient (Wildman–Crippen LogP) is 1.13. The molecule has 1 aromatic carbocycles. The zero-order chi connectivity index (χ0) is 16.8. The van der Waals surface area contributed by atoms with Crippen molar-refractivity contribution in [1.82, 2.24) is 15.5 Å². The third kappa shape index (κ3) is 4.60. The van der Waals surface area contributed by atoms with Gasteiger partial charge in [0.1, 0.15) is 0 Å². The van der Waals surface area contributed by atoms with Crippen LogP contribution in [0, 0.1) is 0 Å². The van der Waals surface area contributed by atoms with Gasteiger partial charge in [0.25, 0.3) is 5.91 Å². The van der Waals surface area contributed by atoms with Gasteiger partial charge in [-0.3, -0.25) is 14.3 Å². The molecule has 8 nitrogen and oxygen atoms in total. The maximum absolute atomic E-state index is 12.1. The molecule has 23 heavy (non-hydrogen) atoms. The molecule has 8 heteroatoms. The van der Waals surface area contributed by atoms with Gasteiger partial charge in [0.05, 0.1) is 13.2 Å². The van der Waals surface area contributed by atoms with Crippen molar-refractivity contribution >= 4 is 5.91 Å². The molecule has 1 aromatic heterocycles. The Bertz CT molecular complexity index is 720. The van der Waals surface area contributed by atoms with Crippen molar-refractivity contribution in [2.45, 2.75) is 26.4 Å². The van der Waals surface area contributed by atoms with E-state index in [4.69, 9.17) is 9.47 Å². The van der Waals surface area contributed by atoms with E-state index in [1.54, 1.807) is 18.2 Å². The Hall–Kier alpha value is -2.77. The van der Waals surface area contributed by atoms with Crippen LogP contribution in [0.2, 0.25) is 0 Å². The van der Waals surface area contributed by atoms with Gasteiger partial charge < -0.3 is 14.8 Å². The molecule has 0 bridgehead atoms. The van der Waals surface area contributed by atoms with Crippen LogP contribution < -0.4 is 20.5 Å². The molecular weight excluding hydrogens is 302 g/mol. The predicted molar refractivity (Wildman–Crippen MR) is 81.9 cm³/mol. The van der Waals surface area contributed by atoms with Gasteiger partial charge in [-0.05, 0) is 32.0 Å². The summed E-state index contributed by atoms with van der Waals surface area (Å²) in [6, 6.07) is 4.97. The highest BCUT2D eigenvalue weighted by Crippen LogP contribution is 2.28. The van der Waals surface area contributed by atoms with Gasteiger partial charge >= 0.3 is 5.76 Å². The van der Waals surface area contributed by atoms with Crippen molar-refractivity contribution in [3.8, 4) is 11.5 Å². The lowest BCUT2D eigenvalue weighted by Gasteiger charge is -2.14. The number of ether oxygens (including phenoxy) is 2. The van der Waals surface area contributed by atoms with Crippen molar-refractivity contribution in [3.63, 3.8) is 0 Å². The van der Waals surface area contributed by atoms with Crippen molar-refractivity contribution in [3.05, 3.63) is 40.1 Å². The highest BCUT2D eigenvalue weighted by atomic mass is 16.5. The van der Waals surface area contributed by atoms with Crippen molar-refractivity contribution in [2.75, 3.05) is 13.7 Å². The molecule has 0 unspecified atom stereocenters. The molecule has 0 aliphatic heterocycles. The minimum Gasteiger partial charge on any atom is -0.493 e. The molecule has 0 aliphatic carbocycles. The van der Waals surface area contributed by atoms with Crippen LogP contribution in [-0.2, 0) is 6.42 Å². The summed E-state index contributed by atoms with van der Waals surface area (Å²) in [6.45, 7) is 4.14. The van der Waals surface area contributed by atoms with Gasteiger partial charge in [-0.2, -0.15) is 0 Å². The molecular formula is C15H19N3O5. The second-order valence-corrected chi connectivity index (χ2v) is 5.08. The molecule has 124 valence electrons. The molecule has 1 heterocycles. The highest BCUT2D eigenvalue weighted by Gasteiger charge is 2.12. The largest absolute Gasteiger partial charge is 0.493 e. The molecule has 0 fully saturated rings. The number of nitrogens with one attached hydrogen (secondary N) is 2. The number of H-pyrrole nitrogens is 1. The van der Waals surface area contributed by atoms with Crippen LogP contribution in [-0.4, -0.2) is 35.8 Å². The fourth-order valence-corrected chi connectivity index (χ4v) is 1.92. The third-order valence-corrected chi connectivity index (χ3v) is 2.92. The second kappa shape index (κ2) is 7.48. The van der Waals surface area contributed by atoms with Crippen LogP contribution in [0.5, 0.6) is 11.5 Å². The Balaban J connectivity index is 1.97. The molecule has 0 aliphatic rings. The van der Waals surface area contributed by atoms with Crippen LogP contribution in [0.3, 0.4) is 0 Å². The average molecular weight is 321 g/mol. The maximum Gasteiger partial charge on any atom is 0.438 e. The second-order valence-electron chi connectivity index (χ2n) is 5.08. The lowest BCUT2D eigenvalue weighted by molar-refractivity contribution is 0.0953. The number of benzene rings is 1. The van der Waals surface area contributed by atoms with Crippen LogP contribution in [0.25, 0.3) is 0 Å². The number of methoxy groups -OCH3 is 1. The van der Waals surface area contributed by atoms with Gasteiger partial charge in [-0.25, -0.2) is 4.79 Å². The van der Waals surface area contributed by atoms with Crippen molar-refractivity contribution in [1.29, 1.82) is 0 Å². The first-order chi connectivity index (χ1) is 11.0. The summed E-state index contributed by atoms with van der Waals surface area (Å²) in [4.78, 5) is 25.3. The van der Waals surface area contributed by atoms with Gasteiger partial charge in [-0.1, -0.05) is 5.16 Å². The smallest absolute Gasteiger partial charge is 0.438 e. The average Bonchev–Trinajstić information content (AvgIpc) is 2.92. The summed E-state index contributed by atoms with van der Waals surface area (Å²) in [5.41, 5.74) is 0.451. The number of aromatic nitrogens is 2. The zero-order valence-electron chi connectivity index (χ0n) is 13.2. The van der Waals surface area contributed by atoms with E-state index in [9.17, 15) is 9.59 Å². The van der Waals surface area contributed by atoms with E-state index in [-0.39, 0.29) is 12.0 Å². The van der Waals surface area contributed by atoms with E-state index in [0.29, 0.717) is 35.9 Å². The summed E-state index contributed by atoms with van der Waals surface area (Å²) in [7, 11) is 1.52. The number of carbonyl (C=O) groups excluding carboxylic acids is 1. The van der Waals surface area contributed by atoms with Gasteiger partial charge in [0.15, 0.2) is 17.3 Å². The molecule has 0 saturated carbocycles. The van der Waals surface area contributed by atoms with Crippen LogP contribution in [0.1, 0.15) is 30.0 Å². The van der Waals surface area contributed by atoms with E-state index >= 15 is 0 Å². The summed E-state index contributed by atoms with van der Waals surface area (Å²) in [6.07, 6.45) is 0.372. The maximum atomic E-state index is 12.1. The number of amides is 1. The highest BCUT2D eigenvalue weighted by molar-refractivity contribution is 5.94. The van der Waals surface area contributed by atoms with E-state index in [1.807, 2.05) is 13.8 Å². The Morgan fingerprint density at radius 3 is 2.78 bits per heavy atom. The van der Waals surface area contributed by atoms with Crippen molar-refractivity contribution < 1.29 is 18.8 Å². The molecule has 2 N–H and O–H groups in total. The topological polar surface area (TPSA) is 106 Å². The fourth-order valence-electron chi connectivity index (χ4n) is 1.92. The first-order valence-corrected chi connectivity index (χ1v) is 7.17. The Labute approximate surface area is 132 Å². The van der Waals surface area contributed by atoms with E-state index in [0.717, 1.165) is 0 Å². The van der Waals surface area contributed by atoms with Gasteiger partial charge in [0, 0.05) is 18.5 Å². The first-order valence-electron chi connectivity index (χ1n) is 7.17.